The van der Waals surface area contributed by atoms with E-state index in [0.717, 1.165) is 30.9 Å². The number of ether oxygens (including phenoxy) is 1. The molecule has 0 aliphatic heterocycles. The van der Waals surface area contributed by atoms with Gasteiger partial charge in [-0.05, 0) is 73.7 Å². The average Bonchev–Trinajstić information content (AvgIpc) is 2.98. The fourth-order valence-electron chi connectivity index (χ4n) is 4.68. The summed E-state index contributed by atoms with van der Waals surface area (Å²) >= 11 is 0. The number of unbranched alkanes of at least 4 members (excludes halogenated alkanes) is 1. The van der Waals surface area contributed by atoms with Crippen LogP contribution < -0.4 is 49.2 Å². The maximum Gasteiger partial charge on any atom is 1.00 e. The molecular weight excluding hydrogens is 670 g/mol. The maximum atomic E-state index is 13.8. The second-order valence-corrected chi connectivity index (χ2v) is 10.6. The largest absolute Gasteiger partial charge is 1.00 e. The van der Waals surface area contributed by atoms with E-state index in [9.17, 15) is 49.4 Å². The van der Waals surface area contributed by atoms with Crippen LogP contribution in [0.2, 0.25) is 0 Å². The summed E-state index contributed by atoms with van der Waals surface area (Å²) in [6, 6.07) is 4.12. The fraction of sp³-hybridized carbons (Fsp3) is 0.452. The van der Waals surface area contributed by atoms with Gasteiger partial charge in [-0.1, -0.05) is 13.3 Å². The molecule has 0 bridgehead atoms. The first-order valence-corrected chi connectivity index (χ1v) is 14.5. The van der Waals surface area contributed by atoms with Crippen molar-refractivity contribution >= 4 is 17.6 Å². The van der Waals surface area contributed by atoms with Crippen molar-refractivity contribution in [3.05, 3.63) is 76.6 Å². The zero-order valence-electron chi connectivity index (χ0n) is 26.4. The van der Waals surface area contributed by atoms with Gasteiger partial charge in [-0.2, -0.15) is 39.5 Å². The van der Waals surface area contributed by atoms with Gasteiger partial charge in [0.05, 0.1) is 35.7 Å². The Morgan fingerprint density at radius 3 is 1.88 bits per heavy atom. The Bertz CT molecular complexity index is 1450. The SMILES string of the molecule is CCCCN(CC)c1ccc(C(F)(F)F)cc1CN(Cc1cc(C(F)(F)F)cc(C(F)(F)F)c1)c1ncc(OCCCC(=O)[O-])cn1.[Na+]. The monoisotopic (exact) mass is 702 g/mol. The molecule has 0 atom stereocenters. The Labute approximate surface area is 293 Å². The Balaban J connectivity index is 0.00000800. The Kier molecular flexibility index (Phi) is 14.9. The summed E-state index contributed by atoms with van der Waals surface area (Å²) in [4.78, 5) is 21.9. The summed E-state index contributed by atoms with van der Waals surface area (Å²) in [5.41, 5.74) is -4.06. The molecule has 48 heavy (non-hydrogen) atoms. The van der Waals surface area contributed by atoms with Gasteiger partial charge >= 0.3 is 48.1 Å². The van der Waals surface area contributed by atoms with Crippen LogP contribution >= 0.6 is 0 Å². The molecule has 3 aromatic rings. The van der Waals surface area contributed by atoms with Gasteiger partial charge in [0.2, 0.25) is 5.95 Å². The maximum absolute atomic E-state index is 13.8. The third kappa shape index (κ3) is 12.0. The molecule has 258 valence electrons. The van der Waals surface area contributed by atoms with Crippen LogP contribution in [0.5, 0.6) is 5.75 Å². The third-order valence-corrected chi connectivity index (χ3v) is 6.98. The van der Waals surface area contributed by atoms with Crippen molar-refractivity contribution < 1.29 is 83.7 Å². The number of aromatic nitrogens is 2. The summed E-state index contributed by atoms with van der Waals surface area (Å²) < 4.78 is 129. The van der Waals surface area contributed by atoms with Gasteiger partial charge in [-0.3, -0.25) is 0 Å². The van der Waals surface area contributed by atoms with Crippen LogP contribution in [0.15, 0.2) is 48.8 Å². The number of nitrogens with zero attached hydrogens (tertiary/aromatic N) is 4. The minimum atomic E-state index is -5.12. The van der Waals surface area contributed by atoms with E-state index in [1.54, 1.807) is 6.92 Å². The molecule has 2 aromatic carbocycles. The number of carbonyl (C=O) groups excluding carboxylic acids is 1. The quantitative estimate of drug-likeness (QED) is 0.133. The standard InChI is InChI=1S/C31H33F9N4O3.Na/c1-3-5-10-43(4-2)26-9-8-22(29(32,33)34)14-21(26)19-44(28-41-16-25(17-42-28)47-11-6-7-27(45)46)18-20-12-23(30(35,36)37)15-24(13-20)31(38,39)40;/h8-9,12-17H,3-7,10-11,18-19H2,1-2H3,(H,45,46);/q;+1/p-1. The van der Waals surface area contributed by atoms with E-state index < -0.39 is 59.8 Å². The van der Waals surface area contributed by atoms with Crippen LogP contribution in [0.1, 0.15) is 67.3 Å². The van der Waals surface area contributed by atoms with Crippen LogP contribution in [0.3, 0.4) is 0 Å². The summed E-state index contributed by atoms with van der Waals surface area (Å²) in [5.74, 6) is -1.44. The molecule has 3 rings (SSSR count). The zero-order chi connectivity index (χ0) is 35.0. The van der Waals surface area contributed by atoms with Gasteiger partial charge in [0, 0.05) is 37.8 Å². The number of hydrogen-bond acceptors (Lipinski definition) is 7. The Morgan fingerprint density at radius 1 is 0.792 bits per heavy atom. The molecule has 7 nitrogen and oxygen atoms in total. The number of benzene rings is 2. The predicted molar refractivity (Wildman–Crippen MR) is 152 cm³/mol. The zero-order valence-corrected chi connectivity index (χ0v) is 28.4. The summed E-state index contributed by atoms with van der Waals surface area (Å²) in [6.07, 6.45) is -11.4. The smallest absolute Gasteiger partial charge is 0.550 e. The molecular formula is C31H32F9N4NaO3. The normalized spacial score (nSPS) is 12.0. The van der Waals surface area contributed by atoms with Gasteiger partial charge in [0.1, 0.15) is 0 Å². The molecule has 0 N–H and O–H groups in total. The van der Waals surface area contributed by atoms with E-state index in [4.69, 9.17) is 4.74 Å². The van der Waals surface area contributed by atoms with Crippen molar-refractivity contribution in [1.82, 2.24) is 9.97 Å². The minimum Gasteiger partial charge on any atom is -0.550 e. The van der Waals surface area contributed by atoms with Crippen LogP contribution in [0.25, 0.3) is 0 Å². The van der Waals surface area contributed by atoms with E-state index in [2.05, 4.69) is 9.97 Å². The van der Waals surface area contributed by atoms with E-state index in [0.29, 0.717) is 37.3 Å². The summed E-state index contributed by atoms with van der Waals surface area (Å²) in [7, 11) is 0. The topological polar surface area (TPSA) is 81.6 Å². The Hall–Kier alpha value is -3.24. The first kappa shape index (κ1) is 40.9. The number of rotatable bonds is 15. The number of halogens is 9. The number of alkyl halides is 9. The average molecular weight is 703 g/mol. The van der Waals surface area contributed by atoms with E-state index in [-0.39, 0.29) is 72.3 Å². The summed E-state index contributed by atoms with van der Waals surface area (Å²) in [6.45, 7) is 3.49. The summed E-state index contributed by atoms with van der Waals surface area (Å²) in [5, 5.41) is 10.6. The minimum absolute atomic E-state index is 0. The molecule has 1 heterocycles. The van der Waals surface area contributed by atoms with Crippen LogP contribution in [-0.2, 0) is 36.4 Å². The number of anilines is 2. The second-order valence-electron chi connectivity index (χ2n) is 10.6. The van der Waals surface area contributed by atoms with Crippen LogP contribution in [0, 0.1) is 0 Å². The van der Waals surface area contributed by atoms with Gasteiger partial charge < -0.3 is 24.4 Å². The van der Waals surface area contributed by atoms with Crippen LogP contribution in [0.4, 0.5) is 51.1 Å². The molecule has 1 aromatic heterocycles. The van der Waals surface area contributed by atoms with Gasteiger partial charge in [0.25, 0.3) is 0 Å². The molecule has 0 spiro atoms. The molecule has 0 aliphatic carbocycles. The first-order valence-electron chi connectivity index (χ1n) is 14.5. The van der Waals surface area contributed by atoms with Crippen molar-refractivity contribution in [1.29, 1.82) is 0 Å². The third-order valence-electron chi connectivity index (χ3n) is 6.98. The number of carboxylic acids is 1. The van der Waals surface area contributed by atoms with Crippen molar-refractivity contribution in [3.63, 3.8) is 0 Å². The van der Waals surface area contributed by atoms with Gasteiger partial charge in [-0.15, -0.1) is 0 Å². The molecule has 0 saturated heterocycles. The first-order chi connectivity index (χ1) is 21.9. The molecule has 17 heteroatoms. The van der Waals surface area contributed by atoms with E-state index >= 15 is 0 Å². The molecule has 0 amide bonds. The van der Waals surface area contributed by atoms with Crippen LogP contribution in [-0.4, -0.2) is 35.6 Å². The van der Waals surface area contributed by atoms with Crippen molar-refractivity contribution in [2.24, 2.45) is 0 Å². The number of aliphatic carboxylic acids is 1. The van der Waals surface area contributed by atoms with Crippen molar-refractivity contribution in [3.8, 4) is 5.75 Å². The predicted octanol–water partition coefficient (Wildman–Crippen LogP) is 4.28. The number of carboxylic acid groups (broad SMARTS) is 1. The number of hydrogen-bond donors (Lipinski definition) is 0. The molecule has 0 unspecified atom stereocenters. The van der Waals surface area contributed by atoms with Crippen molar-refractivity contribution in [2.75, 3.05) is 29.5 Å². The van der Waals surface area contributed by atoms with E-state index in [1.807, 2.05) is 11.8 Å². The van der Waals surface area contributed by atoms with Gasteiger partial charge in [0.15, 0.2) is 5.75 Å². The Morgan fingerprint density at radius 2 is 1.38 bits per heavy atom. The number of carbonyl (C=O) groups is 1. The molecule has 0 radical (unpaired) electrons. The molecule has 0 saturated carbocycles. The fourth-order valence-corrected chi connectivity index (χ4v) is 4.68. The van der Waals surface area contributed by atoms with Gasteiger partial charge in [-0.25, -0.2) is 9.97 Å². The second kappa shape index (κ2) is 17.4. The molecule has 0 fully saturated rings. The molecule has 0 aliphatic rings. The van der Waals surface area contributed by atoms with E-state index in [1.165, 1.54) is 11.0 Å². The van der Waals surface area contributed by atoms with Crippen molar-refractivity contribution in [2.45, 2.75) is 71.1 Å².